The maximum atomic E-state index is 5.88. The number of anilines is 2. The van der Waals surface area contributed by atoms with Crippen LogP contribution in [0.4, 0.5) is 11.6 Å². The van der Waals surface area contributed by atoms with Crippen LogP contribution in [0.25, 0.3) is 10.9 Å². The normalized spacial score (nSPS) is 15.0. The van der Waals surface area contributed by atoms with Gasteiger partial charge in [-0.1, -0.05) is 0 Å². The van der Waals surface area contributed by atoms with Crippen molar-refractivity contribution in [2.75, 3.05) is 50.1 Å². The number of nitrogens with zero attached hydrogens (tertiary/aromatic N) is 7. The molecule has 1 aliphatic heterocycles. The van der Waals surface area contributed by atoms with E-state index in [0.717, 1.165) is 55.1 Å². The first-order valence-electron chi connectivity index (χ1n) is 10.4. The summed E-state index contributed by atoms with van der Waals surface area (Å²) in [5.41, 5.74) is 3.24. The minimum atomic E-state index is 0.0751. The van der Waals surface area contributed by atoms with Crippen LogP contribution in [-0.2, 0) is 6.54 Å². The van der Waals surface area contributed by atoms with Crippen molar-refractivity contribution >= 4 is 22.5 Å². The highest BCUT2D eigenvalue weighted by atomic mass is 16.5. The number of rotatable bonds is 6. The van der Waals surface area contributed by atoms with Crippen molar-refractivity contribution in [3.63, 3.8) is 0 Å². The molecule has 30 heavy (non-hydrogen) atoms. The molecule has 8 nitrogen and oxygen atoms in total. The lowest BCUT2D eigenvalue weighted by Gasteiger charge is -2.36. The molecule has 0 amide bonds. The Balaban J connectivity index is 1.41. The highest BCUT2D eigenvalue weighted by Gasteiger charge is 2.19. The first-order valence-corrected chi connectivity index (χ1v) is 10.4. The highest BCUT2D eigenvalue weighted by Crippen LogP contribution is 2.28. The fourth-order valence-corrected chi connectivity index (χ4v) is 3.62. The van der Waals surface area contributed by atoms with Crippen molar-refractivity contribution in [2.45, 2.75) is 26.5 Å². The number of fused-ring (bicyclic) bond motifs is 1. The predicted octanol–water partition coefficient (Wildman–Crippen LogP) is 2.60. The van der Waals surface area contributed by atoms with Gasteiger partial charge in [0.05, 0.1) is 17.0 Å². The summed E-state index contributed by atoms with van der Waals surface area (Å²) in [7, 11) is 3.90. The second-order valence-electron chi connectivity index (χ2n) is 8.10. The molecule has 2 aromatic heterocycles. The smallest absolute Gasteiger partial charge is 0.224 e. The Morgan fingerprint density at radius 2 is 1.73 bits per heavy atom. The molecule has 1 saturated heterocycles. The average Bonchev–Trinajstić information content (AvgIpc) is 2.74. The maximum Gasteiger partial charge on any atom is 0.224 e. The molecular formula is C22H29N7O. The Morgan fingerprint density at radius 3 is 2.40 bits per heavy atom. The van der Waals surface area contributed by atoms with Crippen LogP contribution >= 0.6 is 0 Å². The van der Waals surface area contributed by atoms with E-state index in [1.165, 1.54) is 5.69 Å². The molecule has 0 bridgehead atoms. The first kappa shape index (κ1) is 20.3. The van der Waals surface area contributed by atoms with E-state index in [2.05, 4.69) is 47.9 Å². The largest absolute Gasteiger partial charge is 0.474 e. The monoisotopic (exact) mass is 407 g/mol. The van der Waals surface area contributed by atoms with Crippen LogP contribution in [0, 0.1) is 0 Å². The van der Waals surface area contributed by atoms with E-state index in [-0.39, 0.29) is 6.10 Å². The predicted molar refractivity (Wildman–Crippen MR) is 119 cm³/mol. The van der Waals surface area contributed by atoms with E-state index in [4.69, 9.17) is 4.74 Å². The molecule has 0 atom stereocenters. The van der Waals surface area contributed by atoms with Gasteiger partial charge in [-0.25, -0.2) is 19.9 Å². The molecule has 4 rings (SSSR count). The molecule has 0 saturated carbocycles. The summed E-state index contributed by atoms with van der Waals surface area (Å²) in [4.78, 5) is 24.3. The van der Waals surface area contributed by atoms with Gasteiger partial charge < -0.3 is 14.5 Å². The summed E-state index contributed by atoms with van der Waals surface area (Å²) in [6, 6.07) is 6.34. The summed E-state index contributed by atoms with van der Waals surface area (Å²) in [6.07, 6.45) is 5.49. The Bertz CT molecular complexity index is 982. The molecule has 0 unspecified atom stereocenters. The Hall–Kier alpha value is -3.00. The van der Waals surface area contributed by atoms with Gasteiger partial charge in [-0.2, -0.15) is 0 Å². The van der Waals surface area contributed by atoms with Gasteiger partial charge in [-0.15, -0.1) is 0 Å². The molecule has 1 aromatic carbocycles. The Labute approximate surface area is 177 Å². The Morgan fingerprint density at radius 1 is 1.00 bits per heavy atom. The Kier molecular flexibility index (Phi) is 5.94. The van der Waals surface area contributed by atoms with Crippen molar-refractivity contribution < 1.29 is 4.74 Å². The van der Waals surface area contributed by atoms with E-state index in [1.54, 1.807) is 6.33 Å². The van der Waals surface area contributed by atoms with Gasteiger partial charge in [-0.05, 0) is 32.0 Å². The number of hydrogen-bond acceptors (Lipinski definition) is 8. The molecule has 0 aliphatic carbocycles. The number of hydrogen-bond donors (Lipinski definition) is 0. The third kappa shape index (κ3) is 4.59. The molecule has 0 radical (unpaired) electrons. The summed E-state index contributed by atoms with van der Waals surface area (Å²) < 4.78 is 5.88. The number of ether oxygens (including phenoxy) is 1. The SMILES string of the molecule is CC(C)Oc1ncnc2ccc(N3CCN(Cc4cnc(N(C)C)nc4)CC3)cc12. The number of aromatic nitrogens is 4. The number of piperazine rings is 1. The molecule has 3 heterocycles. The van der Waals surface area contributed by atoms with Crippen molar-refractivity contribution in [2.24, 2.45) is 0 Å². The lowest BCUT2D eigenvalue weighted by molar-refractivity contribution is 0.235. The zero-order valence-corrected chi connectivity index (χ0v) is 18.1. The molecule has 0 N–H and O–H groups in total. The van der Waals surface area contributed by atoms with Gasteiger partial charge in [-0.3, -0.25) is 4.90 Å². The van der Waals surface area contributed by atoms with E-state index < -0.39 is 0 Å². The van der Waals surface area contributed by atoms with Crippen LogP contribution in [0.3, 0.4) is 0 Å². The fraction of sp³-hybridized carbons (Fsp3) is 0.455. The lowest BCUT2D eigenvalue weighted by Crippen LogP contribution is -2.46. The van der Waals surface area contributed by atoms with Gasteiger partial charge in [0.25, 0.3) is 0 Å². The van der Waals surface area contributed by atoms with Gasteiger partial charge in [0.1, 0.15) is 6.33 Å². The summed E-state index contributed by atoms with van der Waals surface area (Å²) >= 11 is 0. The van der Waals surface area contributed by atoms with Gasteiger partial charge >= 0.3 is 0 Å². The summed E-state index contributed by atoms with van der Waals surface area (Å²) in [5, 5.41) is 0.962. The average molecular weight is 408 g/mol. The molecule has 1 fully saturated rings. The van der Waals surface area contributed by atoms with Crippen LogP contribution in [0.15, 0.2) is 36.9 Å². The highest BCUT2D eigenvalue weighted by molar-refractivity contribution is 5.86. The summed E-state index contributed by atoms with van der Waals surface area (Å²) in [5.74, 6) is 1.39. The van der Waals surface area contributed by atoms with E-state index >= 15 is 0 Å². The maximum absolute atomic E-state index is 5.88. The van der Waals surface area contributed by atoms with Crippen LogP contribution in [0.5, 0.6) is 5.88 Å². The third-order valence-corrected chi connectivity index (χ3v) is 5.16. The van der Waals surface area contributed by atoms with Crippen LogP contribution < -0.4 is 14.5 Å². The quantitative estimate of drug-likeness (QED) is 0.618. The number of benzene rings is 1. The molecule has 1 aliphatic rings. The standard InChI is InChI=1S/C22H29N7O/c1-16(2)30-21-19-11-18(5-6-20(19)25-15-26-21)29-9-7-28(8-10-29)14-17-12-23-22(24-13-17)27(3)4/h5-6,11-13,15-16H,7-10,14H2,1-4H3. The van der Waals surface area contributed by atoms with E-state index in [1.807, 2.05) is 45.2 Å². The molecule has 8 heteroatoms. The van der Waals surface area contributed by atoms with Crippen LogP contribution in [0.1, 0.15) is 19.4 Å². The van der Waals surface area contributed by atoms with Crippen molar-refractivity contribution in [1.82, 2.24) is 24.8 Å². The minimum absolute atomic E-state index is 0.0751. The fourth-order valence-electron chi connectivity index (χ4n) is 3.62. The van der Waals surface area contributed by atoms with Crippen molar-refractivity contribution in [1.29, 1.82) is 0 Å². The molecule has 0 spiro atoms. The lowest BCUT2D eigenvalue weighted by atomic mass is 10.1. The summed E-state index contributed by atoms with van der Waals surface area (Å²) in [6.45, 7) is 8.82. The van der Waals surface area contributed by atoms with Crippen molar-refractivity contribution in [3.8, 4) is 5.88 Å². The van der Waals surface area contributed by atoms with E-state index in [0.29, 0.717) is 5.88 Å². The zero-order chi connectivity index (χ0) is 21.1. The molecule has 3 aromatic rings. The second-order valence-corrected chi connectivity index (χ2v) is 8.10. The van der Waals surface area contributed by atoms with Gasteiger partial charge in [0.2, 0.25) is 11.8 Å². The van der Waals surface area contributed by atoms with Gasteiger partial charge in [0, 0.05) is 70.5 Å². The zero-order valence-electron chi connectivity index (χ0n) is 18.1. The second kappa shape index (κ2) is 8.79. The minimum Gasteiger partial charge on any atom is -0.474 e. The topological polar surface area (TPSA) is 70.5 Å². The van der Waals surface area contributed by atoms with Crippen LogP contribution in [-0.4, -0.2) is 71.2 Å². The molecular weight excluding hydrogens is 378 g/mol. The first-order chi connectivity index (χ1) is 14.5. The van der Waals surface area contributed by atoms with Crippen LogP contribution in [0.2, 0.25) is 0 Å². The van der Waals surface area contributed by atoms with Crippen molar-refractivity contribution in [3.05, 3.63) is 42.5 Å². The third-order valence-electron chi connectivity index (χ3n) is 5.16. The van der Waals surface area contributed by atoms with E-state index in [9.17, 15) is 0 Å². The molecule has 158 valence electrons. The van der Waals surface area contributed by atoms with Gasteiger partial charge in [0.15, 0.2) is 0 Å².